The van der Waals surface area contributed by atoms with Crippen LogP contribution in [0.3, 0.4) is 0 Å². The first-order valence-corrected chi connectivity index (χ1v) is 10.7. The van der Waals surface area contributed by atoms with Crippen LogP contribution in [0.25, 0.3) is 10.8 Å². The molecule has 0 aliphatic rings. The van der Waals surface area contributed by atoms with Crippen molar-refractivity contribution in [2.45, 2.75) is 18.7 Å². The summed E-state index contributed by atoms with van der Waals surface area (Å²) in [6.07, 6.45) is 0. The summed E-state index contributed by atoms with van der Waals surface area (Å²) < 4.78 is 23.8. The molecule has 3 aromatic carbocycles. The van der Waals surface area contributed by atoms with Crippen LogP contribution < -0.4 is 5.32 Å². The highest BCUT2D eigenvalue weighted by molar-refractivity contribution is 7.54. The van der Waals surface area contributed by atoms with E-state index in [0.717, 1.165) is 21.9 Å². The van der Waals surface area contributed by atoms with E-state index in [-0.39, 0.29) is 6.04 Å². The van der Waals surface area contributed by atoms with E-state index in [9.17, 15) is 4.57 Å². The fraction of sp³-hybridized carbons (Fsp3) is 0.238. The quantitative estimate of drug-likeness (QED) is 0.468. The van der Waals surface area contributed by atoms with Gasteiger partial charge in [0, 0.05) is 25.3 Å². The molecule has 6 heteroatoms. The van der Waals surface area contributed by atoms with Crippen LogP contribution in [0.1, 0.15) is 29.9 Å². The summed E-state index contributed by atoms with van der Waals surface area (Å²) in [4.78, 5) is 0. The van der Waals surface area contributed by atoms with Crippen LogP contribution in [0.15, 0.2) is 66.7 Å². The lowest BCUT2D eigenvalue weighted by Crippen LogP contribution is -2.26. The van der Waals surface area contributed by atoms with Crippen molar-refractivity contribution < 1.29 is 13.6 Å². The molecule has 3 rings (SSSR count). The molecule has 0 radical (unpaired) electrons. The average molecular weight is 404 g/mol. The monoisotopic (exact) mass is 403 g/mol. The summed E-state index contributed by atoms with van der Waals surface area (Å²) in [6.45, 7) is 2.04. The van der Waals surface area contributed by atoms with Gasteiger partial charge in [0.1, 0.15) is 5.78 Å². The van der Waals surface area contributed by atoms with E-state index in [0.29, 0.717) is 5.02 Å². The number of rotatable bonds is 7. The molecule has 3 aromatic rings. The van der Waals surface area contributed by atoms with Crippen LogP contribution in [0.2, 0.25) is 5.02 Å². The molecule has 27 heavy (non-hydrogen) atoms. The smallest absolute Gasteiger partial charge is 0.311 e. The molecule has 0 aromatic heterocycles. The predicted octanol–water partition coefficient (Wildman–Crippen LogP) is 6.33. The van der Waals surface area contributed by atoms with E-state index >= 15 is 0 Å². The van der Waals surface area contributed by atoms with Crippen LogP contribution in [-0.4, -0.2) is 14.2 Å². The number of nitrogens with one attached hydrogen (secondary N) is 1. The summed E-state index contributed by atoms with van der Waals surface area (Å²) in [5, 5.41) is 6.38. The van der Waals surface area contributed by atoms with Gasteiger partial charge < -0.3 is 9.05 Å². The normalized spacial score (nSPS) is 14.2. The number of benzene rings is 3. The minimum Gasteiger partial charge on any atom is -0.311 e. The molecule has 0 heterocycles. The minimum absolute atomic E-state index is 0.0876. The van der Waals surface area contributed by atoms with E-state index in [1.807, 2.05) is 37.3 Å². The van der Waals surface area contributed by atoms with Gasteiger partial charge in [-0.1, -0.05) is 66.2 Å². The van der Waals surface area contributed by atoms with E-state index < -0.39 is 13.4 Å². The maximum absolute atomic E-state index is 13.2. The molecule has 4 nitrogen and oxygen atoms in total. The molecule has 2 atom stereocenters. The first-order valence-electron chi connectivity index (χ1n) is 8.69. The van der Waals surface area contributed by atoms with E-state index in [1.165, 1.54) is 14.2 Å². The Bertz CT molecular complexity index is 948. The Morgan fingerprint density at radius 1 is 0.926 bits per heavy atom. The van der Waals surface area contributed by atoms with Gasteiger partial charge in [0.25, 0.3) is 0 Å². The van der Waals surface area contributed by atoms with Crippen molar-refractivity contribution >= 4 is 30.0 Å². The van der Waals surface area contributed by atoms with Crippen LogP contribution in [-0.2, 0) is 13.6 Å². The van der Waals surface area contributed by atoms with Crippen molar-refractivity contribution in [1.82, 2.24) is 5.32 Å². The van der Waals surface area contributed by atoms with Crippen molar-refractivity contribution in [2.75, 3.05) is 14.2 Å². The maximum atomic E-state index is 13.2. The summed E-state index contributed by atoms with van der Waals surface area (Å²) in [5.74, 6) is -0.626. The largest absolute Gasteiger partial charge is 0.351 e. The predicted molar refractivity (Wildman–Crippen MR) is 111 cm³/mol. The molecule has 1 N–H and O–H groups in total. The SMILES string of the molecule is COP(=O)(OC)[C@@H](N[C@@H](C)c1cccc2ccccc12)c1ccc(Cl)cc1. The lowest BCUT2D eigenvalue weighted by molar-refractivity contribution is 0.256. The molecule has 0 unspecified atom stereocenters. The van der Waals surface area contributed by atoms with E-state index in [1.54, 1.807) is 12.1 Å². The van der Waals surface area contributed by atoms with Gasteiger partial charge in [0.2, 0.25) is 0 Å². The molecule has 0 aliphatic carbocycles. The van der Waals surface area contributed by atoms with Gasteiger partial charge in [-0.2, -0.15) is 0 Å². The Hall–Kier alpha value is -1.68. The highest BCUT2D eigenvalue weighted by atomic mass is 35.5. The van der Waals surface area contributed by atoms with Gasteiger partial charge in [0.05, 0.1) is 0 Å². The zero-order valence-electron chi connectivity index (χ0n) is 15.6. The van der Waals surface area contributed by atoms with Crippen LogP contribution >= 0.6 is 19.2 Å². The van der Waals surface area contributed by atoms with Crippen molar-refractivity contribution in [1.29, 1.82) is 0 Å². The molecular formula is C21H23ClNO3P. The van der Waals surface area contributed by atoms with Gasteiger partial charge in [-0.25, -0.2) is 0 Å². The third-order valence-electron chi connectivity index (χ3n) is 4.71. The highest BCUT2D eigenvalue weighted by Crippen LogP contribution is 2.59. The Labute approximate surface area is 165 Å². The van der Waals surface area contributed by atoms with Crippen molar-refractivity contribution in [2.24, 2.45) is 0 Å². The molecule has 0 bridgehead atoms. The summed E-state index contributed by atoms with van der Waals surface area (Å²) in [7, 11) is -0.617. The Morgan fingerprint density at radius 3 is 2.22 bits per heavy atom. The third-order valence-corrected chi connectivity index (χ3v) is 7.06. The number of fused-ring (bicyclic) bond motifs is 1. The van der Waals surface area contributed by atoms with E-state index in [2.05, 4.69) is 29.6 Å². The molecule has 0 amide bonds. The summed E-state index contributed by atoms with van der Waals surface area (Å²) >= 11 is 6.01. The molecule has 0 saturated carbocycles. The highest BCUT2D eigenvalue weighted by Gasteiger charge is 2.36. The number of halogens is 1. The molecule has 0 saturated heterocycles. The lowest BCUT2D eigenvalue weighted by atomic mass is 9.99. The second-order valence-corrected chi connectivity index (χ2v) is 9.08. The van der Waals surface area contributed by atoms with Gasteiger partial charge in [0.15, 0.2) is 0 Å². The second kappa shape index (κ2) is 8.55. The molecule has 0 fully saturated rings. The second-order valence-electron chi connectivity index (χ2n) is 6.32. The van der Waals surface area contributed by atoms with Gasteiger partial charge >= 0.3 is 7.60 Å². The first-order chi connectivity index (χ1) is 13.0. The fourth-order valence-electron chi connectivity index (χ4n) is 3.26. The van der Waals surface area contributed by atoms with Crippen molar-refractivity contribution in [3.05, 3.63) is 82.9 Å². The minimum atomic E-state index is -3.42. The van der Waals surface area contributed by atoms with Crippen LogP contribution in [0, 0.1) is 0 Å². The average Bonchev–Trinajstić information content (AvgIpc) is 2.71. The van der Waals surface area contributed by atoms with Crippen molar-refractivity contribution in [3.63, 3.8) is 0 Å². The Balaban J connectivity index is 2.00. The molecular weight excluding hydrogens is 381 g/mol. The number of hydrogen-bond donors (Lipinski definition) is 1. The fourth-order valence-corrected chi connectivity index (χ4v) is 4.90. The topological polar surface area (TPSA) is 47.6 Å². The molecule has 0 aliphatic heterocycles. The standard InChI is InChI=1S/C21H23ClNO3P/c1-15(19-10-6-8-16-7-4-5-9-20(16)19)23-21(27(24,25-2)26-3)17-11-13-18(22)14-12-17/h4-15,21,23H,1-3H3/t15-,21+/m0/s1. The van der Waals surface area contributed by atoms with Crippen LogP contribution in [0.5, 0.6) is 0 Å². The van der Waals surface area contributed by atoms with Gasteiger partial charge in [-0.05, 0) is 41.0 Å². The number of hydrogen-bond acceptors (Lipinski definition) is 4. The molecule has 0 spiro atoms. The maximum Gasteiger partial charge on any atom is 0.351 e. The summed E-state index contributed by atoms with van der Waals surface area (Å²) in [6, 6.07) is 21.5. The Morgan fingerprint density at radius 2 is 1.56 bits per heavy atom. The lowest BCUT2D eigenvalue weighted by Gasteiger charge is -2.29. The van der Waals surface area contributed by atoms with Crippen molar-refractivity contribution in [3.8, 4) is 0 Å². The summed E-state index contributed by atoms with van der Waals surface area (Å²) in [5.41, 5.74) is 1.91. The zero-order chi connectivity index (χ0) is 19.4. The zero-order valence-corrected chi connectivity index (χ0v) is 17.2. The molecule has 142 valence electrons. The third kappa shape index (κ3) is 4.26. The van der Waals surface area contributed by atoms with E-state index in [4.69, 9.17) is 20.6 Å². The first kappa shape index (κ1) is 20.1. The Kier molecular flexibility index (Phi) is 6.36. The van der Waals surface area contributed by atoms with Gasteiger partial charge in [-0.3, -0.25) is 9.88 Å². The van der Waals surface area contributed by atoms with Crippen LogP contribution in [0.4, 0.5) is 0 Å². The van der Waals surface area contributed by atoms with Gasteiger partial charge in [-0.15, -0.1) is 0 Å².